The van der Waals surface area contributed by atoms with E-state index in [2.05, 4.69) is 26.6 Å². The first-order valence-corrected chi connectivity index (χ1v) is 15.5. The van der Waals surface area contributed by atoms with Crippen molar-refractivity contribution in [3.63, 3.8) is 0 Å². The van der Waals surface area contributed by atoms with Gasteiger partial charge in [0.05, 0.1) is 13.2 Å². The minimum absolute atomic E-state index is 0.0374. The van der Waals surface area contributed by atoms with Gasteiger partial charge in [0.2, 0.25) is 17.7 Å². The Hall–Kier alpha value is -4.45. The van der Waals surface area contributed by atoms with Gasteiger partial charge in [-0.2, -0.15) is 0 Å². The Bertz CT molecular complexity index is 1420. The maximum atomic E-state index is 13.9. The van der Waals surface area contributed by atoms with Crippen LogP contribution in [0, 0.1) is 11.7 Å². The molecule has 11 nitrogen and oxygen atoms in total. The molecule has 0 spiro atoms. The molecule has 0 bridgehead atoms. The Balaban J connectivity index is 1.83. The molecule has 1 aliphatic rings. The van der Waals surface area contributed by atoms with E-state index in [1.165, 1.54) is 31.4 Å². The number of rotatable bonds is 10. The number of hydrogen-bond donors (Lipinski definition) is 5. The zero-order valence-electron chi connectivity index (χ0n) is 26.1. The first-order valence-electron chi connectivity index (χ1n) is 15.2. The van der Waals surface area contributed by atoms with Crippen LogP contribution in [0.1, 0.15) is 44.2 Å². The predicted octanol–water partition coefficient (Wildman–Crippen LogP) is 2.96. The summed E-state index contributed by atoms with van der Waals surface area (Å²) in [5.41, 5.74) is 1.26. The van der Waals surface area contributed by atoms with Crippen LogP contribution in [0.25, 0.3) is 0 Å². The molecular weight excluding hydrogens is 617 g/mol. The van der Waals surface area contributed by atoms with Gasteiger partial charge in [-0.05, 0) is 67.0 Å². The summed E-state index contributed by atoms with van der Waals surface area (Å²) < 4.78 is 18.7. The fourth-order valence-corrected chi connectivity index (χ4v) is 5.14. The minimum atomic E-state index is -1.15. The number of nitrogens with one attached hydrogen (secondary N) is 5. The van der Waals surface area contributed by atoms with E-state index >= 15 is 0 Å². The van der Waals surface area contributed by atoms with Gasteiger partial charge < -0.3 is 31.3 Å². The van der Waals surface area contributed by atoms with E-state index in [4.69, 9.17) is 16.3 Å². The number of urea groups is 1. The van der Waals surface area contributed by atoms with Gasteiger partial charge in [0, 0.05) is 24.1 Å². The number of carbonyl (C=O) groups is 5. The third-order valence-corrected chi connectivity index (χ3v) is 7.60. The Kier molecular flexibility index (Phi) is 14.0. The molecule has 0 saturated carbocycles. The topological polar surface area (TPSA) is 155 Å². The fraction of sp³-hybridized carbons (Fsp3) is 0.424. The second-order valence-electron chi connectivity index (χ2n) is 11.4. The van der Waals surface area contributed by atoms with Crippen molar-refractivity contribution in [3.05, 3.63) is 82.6 Å². The second-order valence-corrected chi connectivity index (χ2v) is 11.8. The molecule has 0 saturated heterocycles. The molecule has 2 aromatic carbocycles. The lowest BCUT2D eigenvalue weighted by molar-refractivity contribution is -0.144. The number of benzene rings is 2. The number of hydrogen-bond acceptors (Lipinski definition) is 6. The number of methoxy groups -OCH3 is 1. The van der Waals surface area contributed by atoms with Gasteiger partial charge in [0.25, 0.3) is 0 Å². The van der Waals surface area contributed by atoms with E-state index in [0.29, 0.717) is 35.5 Å². The summed E-state index contributed by atoms with van der Waals surface area (Å²) in [5, 5.41) is 14.1. The first-order chi connectivity index (χ1) is 21.9. The average molecular weight is 658 g/mol. The Morgan fingerprint density at radius 3 is 2.48 bits per heavy atom. The molecule has 2 aromatic rings. The molecule has 5 N–H and O–H groups in total. The number of amides is 5. The molecular formula is C33H41ClFN5O6. The second kappa shape index (κ2) is 17.9. The van der Waals surface area contributed by atoms with Gasteiger partial charge in [-0.1, -0.05) is 55.8 Å². The summed E-state index contributed by atoms with van der Waals surface area (Å²) in [6, 6.07) is 8.16. The monoisotopic (exact) mass is 657 g/mol. The zero-order valence-corrected chi connectivity index (χ0v) is 26.9. The molecule has 1 aliphatic heterocycles. The van der Waals surface area contributed by atoms with Crippen LogP contribution in [0.15, 0.2) is 60.7 Å². The number of halogens is 2. The summed E-state index contributed by atoms with van der Waals surface area (Å²) in [5.74, 6) is -2.81. The quantitative estimate of drug-likeness (QED) is 0.248. The minimum Gasteiger partial charge on any atom is -0.467 e. The van der Waals surface area contributed by atoms with E-state index in [9.17, 15) is 28.4 Å². The number of carbonyl (C=O) groups excluding carboxylic acids is 5. The molecule has 0 unspecified atom stereocenters. The Morgan fingerprint density at radius 2 is 1.78 bits per heavy atom. The third-order valence-electron chi connectivity index (χ3n) is 7.36. The highest BCUT2D eigenvalue weighted by molar-refractivity contribution is 6.30. The molecule has 46 heavy (non-hydrogen) atoms. The van der Waals surface area contributed by atoms with E-state index in [1.807, 2.05) is 0 Å². The molecule has 5 amide bonds. The lowest BCUT2D eigenvalue weighted by Gasteiger charge is -2.26. The summed E-state index contributed by atoms with van der Waals surface area (Å²) in [7, 11) is 1.22. The molecule has 1 heterocycles. The molecule has 4 atom stereocenters. The van der Waals surface area contributed by atoms with Crippen molar-refractivity contribution in [2.75, 3.05) is 13.7 Å². The molecule has 0 aromatic heterocycles. The van der Waals surface area contributed by atoms with Crippen LogP contribution < -0.4 is 26.6 Å². The highest BCUT2D eigenvalue weighted by atomic mass is 35.5. The van der Waals surface area contributed by atoms with Crippen LogP contribution in [-0.4, -0.2) is 67.5 Å². The maximum Gasteiger partial charge on any atom is 0.328 e. The first kappa shape index (κ1) is 36.0. The summed E-state index contributed by atoms with van der Waals surface area (Å²) in [4.78, 5) is 64.8. The van der Waals surface area contributed by atoms with E-state index in [0.717, 1.165) is 0 Å². The van der Waals surface area contributed by atoms with Gasteiger partial charge in [0.15, 0.2) is 0 Å². The average Bonchev–Trinajstić information content (AvgIpc) is 3.00. The summed E-state index contributed by atoms with van der Waals surface area (Å²) in [6.07, 6.45) is 4.39. The van der Waals surface area contributed by atoms with Crippen molar-refractivity contribution in [1.29, 1.82) is 0 Å². The maximum absolute atomic E-state index is 13.9. The largest absolute Gasteiger partial charge is 0.467 e. The van der Waals surface area contributed by atoms with Crippen molar-refractivity contribution in [1.82, 2.24) is 26.6 Å². The third kappa shape index (κ3) is 11.8. The summed E-state index contributed by atoms with van der Waals surface area (Å²) >= 11 is 6.16. The zero-order chi connectivity index (χ0) is 33.6. The van der Waals surface area contributed by atoms with Crippen molar-refractivity contribution in [2.24, 2.45) is 5.92 Å². The van der Waals surface area contributed by atoms with Crippen LogP contribution in [0.4, 0.5) is 9.18 Å². The van der Waals surface area contributed by atoms with E-state index < -0.39 is 53.8 Å². The Morgan fingerprint density at radius 1 is 1.04 bits per heavy atom. The smallest absolute Gasteiger partial charge is 0.328 e. The molecule has 0 aliphatic carbocycles. The highest BCUT2D eigenvalue weighted by Crippen LogP contribution is 2.14. The highest BCUT2D eigenvalue weighted by Gasteiger charge is 2.30. The molecule has 248 valence electrons. The predicted molar refractivity (Wildman–Crippen MR) is 171 cm³/mol. The van der Waals surface area contributed by atoms with Crippen molar-refractivity contribution < 1.29 is 33.1 Å². The van der Waals surface area contributed by atoms with E-state index in [-0.39, 0.29) is 31.1 Å². The molecule has 3 rings (SSSR count). The molecule has 0 radical (unpaired) electrons. The van der Waals surface area contributed by atoms with Gasteiger partial charge in [-0.15, -0.1) is 0 Å². The van der Waals surface area contributed by atoms with Crippen LogP contribution in [0.2, 0.25) is 5.02 Å². The van der Waals surface area contributed by atoms with Crippen LogP contribution in [-0.2, 0) is 36.8 Å². The molecule has 13 heteroatoms. The van der Waals surface area contributed by atoms with Crippen molar-refractivity contribution >= 4 is 41.3 Å². The SMILES string of the molecule is COC(=O)[C@@H](NC(=O)N[C@@H](Cc1cccc(Cl)c1)C(=O)N[C@H]1CCCCNC(=O)C=C[C@H](Cc2cccc(F)c2)NC1=O)C(C)C. The van der Waals surface area contributed by atoms with Crippen LogP contribution >= 0.6 is 11.6 Å². The number of ether oxygens (including phenoxy) is 1. The summed E-state index contributed by atoms with van der Waals surface area (Å²) in [6.45, 7) is 3.85. The standard InChI is InChI=1S/C33H41ClFN5O6/c1-20(2)29(32(44)46-3)40-33(45)39-27(19-21-8-6-10-23(34)16-21)31(43)38-26-12-4-5-15-36-28(41)14-13-25(37-30(26)42)18-22-9-7-11-24(35)17-22/h6-11,13-14,16-17,20,25-27,29H,4-5,12,15,18-19H2,1-3H3,(H,36,41)(H,37,42)(H,38,43)(H2,39,40,45)/t25-,26+,27+,29+/m1/s1. The van der Waals surface area contributed by atoms with Gasteiger partial charge >= 0.3 is 12.0 Å². The molecule has 0 fully saturated rings. The number of esters is 1. The lowest BCUT2D eigenvalue weighted by atomic mass is 10.0. The Labute approximate surface area is 273 Å². The van der Waals surface area contributed by atoms with Crippen molar-refractivity contribution in [2.45, 2.75) is 70.1 Å². The fourth-order valence-electron chi connectivity index (χ4n) is 4.93. The van der Waals surface area contributed by atoms with E-state index in [1.54, 1.807) is 50.2 Å². The van der Waals surface area contributed by atoms with Gasteiger partial charge in [-0.3, -0.25) is 14.4 Å². The van der Waals surface area contributed by atoms with Crippen LogP contribution in [0.3, 0.4) is 0 Å². The van der Waals surface area contributed by atoms with Gasteiger partial charge in [-0.25, -0.2) is 14.0 Å². The van der Waals surface area contributed by atoms with Gasteiger partial charge in [0.1, 0.15) is 23.9 Å². The lowest BCUT2D eigenvalue weighted by Crippen LogP contribution is -2.58. The normalized spacial score (nSPS) is 18.6. The van der Waals surface area contributed by atoms with Crippen LogP contribution in [0.5, 0.6) is 0 Å². The van der Waals surface area contributed by atoms with Crippen molar-refractivity contribution in [3.8, 4) is 0 Å².